The van der Waals surface area contributed by atoms with E-state index in [-0.39, 0.29) is 63.1 Å². The zero-order valence-electron chi connectivity index (χ0n) is 41.3. The quantitative estimate of drug-likeness (QED) is 0.0909. The van der Waals surface area contributed by atoms with Gasteiger partial charge in [0, 0.05) is 25.2 Å². The molecule has 0 unspecified atom stereocenters. The average Bonchev–Trinajstić information content (AvgIpc) is 4.07. The summed E-state index contributed by atoms with van der Waals surface area (Å²) in [5.74, 6) is -3.35. The first-order chi connectivity index (χ1) is 34.3. The lowest BCUT2D eigenvalue weighted by molar-refractivity contribution is -0.144. The summed E-state index contributed by atoms with van der Waals surface area (Å²) in [6, 6.07) is 10.4. The number of unbranched alkanes of at least 4 members (excludes halogenated alkanes) is 5. The SMILES string of the molecule is CCCCCCCOc1ccc2cc(C(=O)N[C@H]3CCCNC(=O)[C@@H]4CCCN4C(=O)[C@H](CCCCN)NC(=O)[C@H](CCc4ccc(O)cc4)NC(=O)[C@@H]4CCCN4C(=O)[C@H]([C@@H](C)O)NC3=O)ccc2c1. The summed E-state index contributed by atoms with van der Waals surface area (Å²) < 4.78 is 5.99. The Morgan fingerprint density at radius 3 is 2.13 bits per heavy atom. The highest BCUT2D eigenvalue weighted by atomic mass is 16.5. The Kier molecular flexibility index (Phi) is 20.4. The molecule has 3 fully saturated rings. The second-order valence-corrected chi connectivity index (χ2v) is 19.2. The number of aliphatic hydroxyl groups excluding tert-OH is 1. The predicted octanol–water partition coefficient (Wildman–Crippen LogP) is 3.48. The molecule has 7 amide bonds. The maximum Gasteiger partial charge on any atom is 0.251 e. The first-order valence-electron chi connectivity index (χ1n) is 25.7. The van der Waals surface area contributed by atoms with Crippen LogP contribution in [-0.4, -0.2) is 137 Å². The van der Waals surface area contributed by atoms with Crippen molar-refractivity contribution in [2.45, 2.75) is 159 Å². The highest BCUT2D eigenvalue weighted by molar-refractivity contribution is 6.02. The number of phenolic OH excluding ortho intramolecular Hbond substituents is 1. The molecule has 0 radical (unpaired) electrons. The minimum Gasteiger partial charge on any atom is -0.508 e. The molecule has 9 N–H and O–H groups in total. The lowest BCUT2D eigenvalue weighted by Gasteiger charge is -2.32. The van der Waals surface area contributed by atoms with Gasteiger partial charge in [0.2, 0.25) is 35.4 Å². The summed E-state index contributed by atoms with van der Waals surface area (Å²) in [6.07, 6.45) is 7.74. The molecule has 7 atom stereocenters. The third kappa shape index (κ3) is 15.1. The predicted molar refractivity (Wildman–Crippen MR) is 268 cm³/mol. The second-order valence-electron chi connectivity index (χ2n) is 19.2. The van der Waals surface area contributed by atoms with Crippen molar-refractivity contribution in [2.75, 3.05) is 32.8 Å². The Labute approximate surface area is 416 Å². The molecule has 0 aromatic heterocycles. The van der Waals surface area contributed by atoms with Crippen LogP contribution in [0.4, 0.5) is 0 Å². The molecule has 3 saturated heterocycles. The van der Waals surface area contributed by atoms with Crippen molar-refractivity contribution >= 4 is 52.1 Å². The fraction of sp³-hybridized carbons (Fsp3) is 0.566. The number of fused-ring (bicyclic) bond motifs is 3. The topological polar surface area (TPSA) is 262 Å². The summed E-state index contributed by atoms with van der Waals surface area (Å²) >= 11 is 0. The van der Waals surface area contributed by atoms with E-state index < -0.39 is 83.7 Å². The lowest BCUT2D eigenvalue weighted by Crippen LogP contribution is -2.61. The van der Waals surface area contributed by atoms with Crippen LogP contribution in [0.15, 0.2) is 60.7 Å². The minimum absolute atomic E-state index is 0.0220. The van der Waals surface area contributed by atoms with Crippen LogP contribution in [0.3, 0.4) is 0 Å². The van der Waals surface area contributed by atoms with Crippen LogP contribution < -0.4 is 37.1 Å². The van der Waals surface area contributed by atoms with Gasteiger partial charge in [-0.05, 0) is 143 Å². The monoisotopic (exact) mass is 983 g/mol. The van der Waals surface area contributed by atoms with Crippen LogP contribution in [0.2, 0.25) is 0 Å². The summed E-state index contributed by atoms with van der Waals surface area (Å²) in [6.45, 7) is 5.00. The van der Waals surface area contributed by atoms with E-state index in [9.17, 15) is 43.8 Å². The first-order valence-corrected chi connectivity index (χ1v) is 25.7. The Bertz CT molecular complexity index is 2310. The van der Waals surface area contributed by atoms with E-state index in [1.807, 2.05) is 18.2 Å². The molecule has 0 bridgehead atoms. The fourth-order valence-corrected chi connectivity index (χ4v) is 9.66. The molecule has 18 heteroatoms. The minimum atomic E-state index is -1.51. The first kappa shape index (κ1) is 54.1. The van der Waals surface area contributed by atoms with Gasteiger partial charge in [-0.1, -0.05) is 56.9 Å². The van der Waals surface area contributed by atoms with Crippen molar-refractivity contribution in [2.24, 2.45) is 5.73 Å². The van der Waals surface area contributed by atoms with Crippen LogP contribution in [0.25, 0.3) is 10.8 Å². The summed E-state index contributed by atoms with van der Waals surface area (Å²) in [4.78, 5) is 102. The maximum absolute atomic E-state index is 14.4. The number of hydrogen-bond acceptors (Lipinski definition) is 11. The van der Waals surface area contributed by atoms with Crippen LogP contribution in [-0.2, 0) is 35.2 Å². The number of carbonyl (C=O) groups is 7. The van der Waals surface area contributed by atoms with Gasteiger partial charge >= 0.3 is 0 Å². The molecule has 71 heavy (non-hydrogen) atoms. The number of nitrogens with one attached hydrogen (secondary N) is 5. The number of amides is 7. The van der Waals surface area contributed by atoms with Gasteiger partial charge in [0.1, 0.15) is 47.8 Å². The van der Waals surface area contributed by atoms with E-state index in [1.54, 1.807) is 30.3 Å². The Morgan fingerprint density at radius 1 is 0.732 bits per heavy atom. The average molecular weight is 983 g/mol. The molecule has 0 aliphatic carbocycles. The van der Waals surface area contributed by atoms with Crippen molar-refractivity contribution in [3.05, 3.63) is 71.8 Å². The molecule has 0 spiro atoms. The van der Waals surface area contributed by atoms with E-state index in [0.29, 0.717) is 51.7 Å². The molecular formula is C53H74N8O10. The zero-order chi connectivity index (χ0) is 50.9. The van der Waals surface area contributed by atoms with Crippen molar-refractivity contribution in [1.82, 2.24) is 36.4 Å². The van der Waals surface area contributed by atoms with Crippen LogP contribution in [0, 0.1) is 0 Å². The van der Waals surface area contributed by atoms with Gasteiger partial charge < -0.3 is 57.1 Å². The van der Waals surface area contributed by atoms with E-state index in [4.69, 9.17) is 10.5 Å². The normalized spacial score (nSPS) is 23.4. The fourth-order valence-electron chi connectivity index (χ4n) is 9.66. The number of benzene rings is 3. The lowest BCUT2D eigenvalue weighted by atomic mass is 10.0. The Morgan fingerprint density at radius 2 is 1.41 bits per heavy atom. The van der Waals surface area contributed by atoms with Crippen molar-refractivity contribution in [3.63, 3.8) is 0 Å². The number of aromatic hydroxyl groups is 1. The van der Waals surface area contributed by atoms with Gasteiger partial charge in [-0.3, -0.25) is 33.6 Å². The van der Waals surface area contributed by atoms with Gasteiger partial charge in [0.05, 0.1) is 12.7 Å². The molecule has 18 nitrogen and oxygen atoms in total. The van der Waals surface area contributed by atoms with Gasteiger partial charge in [-0.25, -0.2) is 0 Å². The number of phenols is 1. The third-order valence-electron chi connectivity index (χ3n) is 13.8. The van der Waals surface area contributed by atoms with Crippen LogP contribution in [0.5, 0.6) is 11.5 Å². The van der Waals surface area contributed by atoms with E-state index in [0.717, 1.165) is 34.9 Å². The Balaban J connectivity index is 1.25. The van der Waals surface area contributed by atoms with E-state index in [2.05, 4.69) is 33.5 Å². The summed E-state index contributed by atoms with van der Waals surface area (Å²) in [5, 5.41) is 36.7. The van der Waals surface area contributed by atoms with E-state index in [1.165, 1.54) is 48.1 Å². The zero-order valence-corrected chi connectivity index (χ0v) is 41.3. The molecule has 386 valence electrons. The second kappa shape index (κ2) is 26.8. The molecule has 3 aliphatic heterocycles. The molecule has 3 heterocycles. The maximum atomic E-state index is 14.4. The number of aliphatic hydroxyl groups is 1. The molecule has 3 aromatic rings. The van der Waals surface area contributed by atoms with Crippen molar-refractivity contribution in [3.8, 4) is 11.5 Å². The number of hydrogen-bond donors (Lipinski definition) is 8. The largest absolute Gasteiger partial charge is 0.508 e. The number of carbonyl (C=O) groups excluding carboxylic acids is 7. The number of nitrogens with zero attached hydrogens (tertiary/aromatic N) is 2. The number of ether oxygens (including phenoxy) is 1. The smallest absolute Gasteiger partial charge is 0.251 e. The van der Waals surface area contributed by atoms with Crippen molar-refractivity contribution < 1.29 is 48.5 Å². The summed E-state index contributed by atoms with van der Waals surface area (Å²) in [7, 11) is 0. The Hall–Kier alpha value is -6.27. The van der Waals surface area contributed by atoms with Crippen LogP contribution >= 0.6 is 0 Å². The number of aryl methyl sites for hydroxylation is 1. The number of nitrogens with two attached hydrogens (primary N) is 1. The third-order valence-corrected chi connectivity index (χ3v) is 13.8. The molecular weight excluding hydrogens is 909 g/mol. The van der Waals surface area contributed by atoms with Gasteiger partial charge in [-0.2, -0.15) is 0 Å². The highest BCUT2D eigenvalue weighted by Crippen LogP contribution is 2.25. The van der Waals surface area contributed by atoms with Gasteiger partial charge in [-0.15, -0.1) is 0 Å². The molecule has 3 aliphatic rings. The number of rotatable bonds is 17. The van der Waals surface area contributed by atoms with Crippen molar-refractivity contribution in [1.29, 1.82) is 0 Å². The standard InChI is InChI=1S/C53H74N8O10/c1-3-4-5-6-9-31-71-40-25-22-36-32-38(21-20-37(36)33-40)47(64)56-41-14-10-28-55-50(67)44-15-11-29-60(44)52(69)43(13-7-8-27-54)58-48(65)42(26-19-35-17-23-39(63)24-18-35)57-51(68)45-16-12-30-61(45)53(70)46(34(2)62)59-49(41)66/h17-18,20-25,32-34,41-46,62-63H,3-16,19,26-31,54H2,1-2H3,(H,55,67)(H,56,64)(H,57,68)(H,58,65)(H,59,66)/t34-,41+,42+,43+,44+,45+,46+/m1/s1. The molecule has 0 saturated carbocycles. The summed E-state index contributed by atoms with van der Waals surface area (Å²) in [5.41, 5.74) is 6.86. The molecule has 3 aromatic carbocycles. The van der Waals surface area contributed by atoms with Gasteiger partial charge in [0.25, 0.3) is 5.91 Å². The van der Waals surface area contributed by atoms with E-state index >= 15 is 0 Å². The van der Waals surface area contributed by atoms with Gasteiger partial charge in [0.15, 0.2) is 0 Å². The highest BCUT2D eigenvalue weighted by Gasteiger charge is 2.42. The molecule has 6 rings (SSSR count). The van der Waals surface area contributed by atoms with Crippen LogP contribution in [0.1, 0.15) is 126 Å².